The zero-order valence-corrected chi connectivity index (χ0v) is 8.54. The number of rotatable bonds is 1. The molecule has 6 nitrogen and oxygen atoms in total. The number of nitrogens with zero attached hydrogens (tertiary/aromatic N) is 2. The van der Waals surface area contributed by atoms with Crippen LogP contribution in [0.3, 0.4) is 0 Å². The van der Waals surface area contributed by atoms with Gasteiger partial charge in [0.15, 0.2) is 11.1 Å². The van der Waals surface area contributed by atoms with Crippen LogP contribution in [0.15, 0.2) is 35.3 Å². The lowest BCUT2D eigenvalue weighted by atomic mass is 10.1. The van der Waals surface area contributed by atoms with Gasteiger partial charge in [0, 0.05) is 12.3 Å². The Bertz CT molecular complexity index is 756. The molecule has 2 N–H and O–H groups in total. The van der Waals surface area contributed by atoms with E-state index in [0.29, 0.717) is 16.9 Å². The van der Waals surface area contributed by atoms with Crippen LogP contribution in [0.2, 0.25) is 0 Å². The van der Waals surface area contributed by atoms with E-state index < -0.39 is 5.97 Å². The highest BCUT2D eigenvalue weighted by atomic mass is 16.4. The molecule has 0 atom stereocenters. The molecule has 0 unspecified atom stereocenters. The van der Waals surface area contributed by atoms with Crippen LogP contribution in [0.25, 0.3) is 16.9 Å². The number of carboxylic acids is 1. The molecule has 0 saturated heterocycles. The van der Waals surface area contributed by atoms with Crippen LogP contribution in [-0.4, -0.2) is 25.7 Å². The third-order valence-corrected chi connectivity index (χ3v) is 2.54. The van der Waals surface area contributed by atoms with Crippen LogP contribution in [0.4, 0.5) is 0 Å². The average Bonchev–Trinajstić information content (AvgIpc) is 2.70. The van der Waals surface area contributed by atoms with E-state index in [4.69, 9.17) is 5.11 Å². The summed E-state index contributed by atoms with van der Waals surface area (Å²) in [5.74, 6) is -1.10. The van der Waals surface area contributed by atoms with Gasteiger partial charge in [0.1, 0.15) is 5.65 Å². The van der Waals surface area contributed by atoms with Gasteiger partial charge >= 0.3 is 5.97 Å². The van der Waals surface area contributed by atoms with E-state index in [1.54, 1.807) is 12.1 Å². The molecule has 1 aromatic rings. The van der Waals surface area contributed by atoms with Crippen molar-refractivity contribution in [3.05, 3.63) is 46.4 Å². The van der Waals surface area contributed by atoms with Crippen molar-refractivity contribution in [2.24, 2.45) is 0 Å². The molecule has 0 aromatic carbocycles. The zero-order chi connectivity index (χ0) is 12.0. The van der Waals surface area contributed by atoms with E-state index >= 15 is 0 Å². The van der Waals surface area contributed by atoms with Gasteiger partial charge in [0.05, 0.1) is 11.3 Å². The Morgan fingerprint density at radius 1 is 1.41 bits per heavy atom. The molecule has 1 aromatic heterocycles. The lowest BCUT2D eigenvalue weighted by Crippen LogP contribution is -2.07. The van der Waals surface area contributed by atoms with Crippen molar-refractivity contribution in [1.29, 1.82) is 0 Å². The van der Waals surface area contributed by atoms with Gasteiger partial charge in [-0.2, -0.15) is 5.10 Å². The zero-order valence-electron chi connectivity index (χ0n) is 8.54. The van der Waals surface area contributed by atoms with Crippen LogP contribution in [0, 0.1) is 0 Å². The van der Waals surface area contributed by atoms with Gasteiger partial charge in [-0.25, -0.2) is 9.31 Å². The van der Waals surface area contributed by atoms with Gasteiger partial charge in [-0.3, -0.25) is 4.79 Å². The summed E-state index contributed by atoms with van der Waals surface area (Å²) in [6, 6.07) is 6.26. The summed E-state index contributed by atoms with van der Waals surface area (Å²) >= 11 is 0. The number of hydrogen-bond acceptors (Lipinski definition) is 3. The minimum absolute atomic E-state index is 0.0657. The average molecular weight is 229 g/mol. The Balaban J connectivity index is 2.41. The van der Waals surface area contributed by atoms with Crippen LogP contribution in [-0.2, 0) is 0 Å². The number of benzene rings is 1. The van der Waals surface area contributed by atoms with Crippen LogP contribution >= 0.6 is 0 Å². The lowest BCUT2D eigenvalue weighted by Gasteiger charge is -2.04. The van der Waals surface area contributed by atoms with Crippen molar-refractivity contribution >= 4 is 11.6 Å². The molecule has 0 saturated carbocycles. The van der Waals surface area contributed by atoms with Gasteiger partial charge in [0.2, 0.25) is 0 Å². The highest BCUT2D eigenvalue weighted by Crippen LogP contribution is 2.16. The van der Waals surface area contributed by atoms with Crippen molar-refractivity contribution < 1.29 is 9.90 Å². The summed E-state index contributed by atoms with van der Waals surface area (Å²) in [4.78, 5) is 25.3. The molecule has 0 amide bonds. The Labute approximate surface area is 94.5 Å². The van der Waals surface area contributed by atoms with Gasteiger partial charge in [-0.15, -0.1) is 0 Å². The molecule has 0 spiro atoms. The Hall–Kier alpha value is -2.63. The molecule has 1 aliphatic heterocycles. The van der Waals surface area contributed by atoms with Crippen molar-refractivity contribution in [3.63, 3.8) is 0 Å². The first-order chi connectivity index (χ1) is 8.15. The summed E-state index contributed by atoms with van der Waals surface area (Å²) < 4.78 is 1.35. The molecule has 0 bridgehead atoms. The van der Waals surface area contributed by atoms with Gasteiger partial charge in [-0.1, -0.05) is 6.07 Å². The van der Waals surface area contributed by atoms with Crippen LogP contribution in [0.5, 0.6) is 0 Å². The lowest BCUT2D eigenvalue weighted by molar-refractivity contribution is 0.0690. The molecule has 2 heterocycles. The fourth-order valence-electron chi connectivity index (χ4n) is 1.74. The van der Waals surface area contributed by atoms with Crippen molar-refractivity contribution in [3.8, 4) is 11.3 Å². The van der Waals surface area contributed by atoms with Gasteiger partial charge in [-0.05, 0) is 12.1 Å². The fraction of sp³-hybridized carbons (Fsp3) is 0. The van der Waals surface area contributed by atoms with E-state index in [2.05, 4.69) is 10.1 Å². The van der Waals surface area contributed by atoms with E-state index in [1.807, 2.05) is 0 Å². The van der Waals surface area contributed by atoms with Gasteiger partial charge < -0.3 is 10.1 Å². The Kier molecular flexibility index (Phi) is 1.79. The molecule has 17 heavy (non-hydrogen) atoms. The quantitative estimate of drug-likeness (QED) is 0.646. The van der Waals surface area contributed by atoms with Crippen molar-refractivity contribution in [2.75, 3.05) is 0 Å². The van der Waals surface area contributed by atoms with E-state index in [1.165, 1.54) is 22.8 Å². The third kappa shape index (κ3) is 1.38. The summed E-state index contributed by atoms with van der Waals surface area (Å²) in [6.07, 6.45) is 1.52. The number of nitrogens with one attached hydrogen (secondary N) is 1. The highest BCUT2D eigenvalue weighted by molar-refractivity contribution is 5.86. The molecular formula is C11H7N3O3. The minimum Gasteiger partial charge on any atom is -0.476 e. The molecule has 0 fully saturated rings. The third-order valence-electron chi connectivity index (χ3n) is 2.54. The monoisotopic (exact) mass is 229 g/mol. The highest BCUT2D eigenvalue weighted by Gasteiger charge is 2.12. The van der Waals surface area contributed by atoms with Crippen LogP contribution in [0.1, 0.15) is 10.5 Å². The summed E-state index contributed by atoms with van der Waals surface area (Å²) in [5, 5.41) is 12.7. The molecule has 84 valence electrons. The molecule has 2 aliphatic rings. The number of carboxylic acid groups (broad SMARTS) is 1. The van der Waals surface area contributed by atoms with Crippen molar-refractivity contribution in [1.82, 2.24) is 14.6 Å². The molecule has 3 rings (SSSR count). The molecule has 0 radical (unpaired) electrons. The molecular weight excluding hydrogens is 222 g/mol. The smallest absolute Gasteiger partial charge is 0.356 e. The fourth-order valence-corrected chi connectivity index (χ4v) is 1.74. The normalized spacial score (nSPS) is 11.1. The van der Waals surface area contributed by atoms with E-state index in [-0.39, 0.29) is 11.1 Å². The second-order valence-electron chi connectivity index (χ2n) is 3.64. The standard InChI is InChI=1S/C11H7N3O3/c15-9-3-1-2-7-6(9)5-14-10(12-7)4-8(13-14)11(16)17/h1-5,12H,(H,16,17). The SMILES string of the molecule is O=C(O)c1cc2[nH]c3cccc(=O)c-3cn2n1. The number of aromatic amines is 1. The maximum Gasteiger partial charge on any atom is 0.356 e. The maximum absolute atomic E-state index is 11.6. The number of aromatic carboxylic acids is 1. The minimum atomic E-state index is -1.10. The number of H-pyrrole nitrogens is 1. The summed E-state index contributed by atoms with van der Waals surface area (Å²) in [6.45, 7) is 0. The van der Waals surface area contributed by atoms with Crippen LogP contribution < -0.4 is 5.43 Å². The predicted molar refractivity (Wildman–Crippen MR) is 59.4 cm³/mol. The predicted octanol–water partition coefficient (Wildman–Crippen LogP) is 0.826. The first-order valence-corrected chi connectivity index (χ1v) is 4.90. The second-order valence-corrected chi connectivity index (χ2v) is 3.64. The molecule has 6 heteroatoms. The topological polar surface area (TPSA) is 87.5 Å². The van der Waals surface area contributed by atoms with Gasteiger partial charge in [0.25, 0.3) is 0 Å². The largest absolute Gasteiger partial charge is 0.476 e. The van der Waals surface area contributed by atoms with Crippen molar-refractivity contribution in [2.45, 2.75) is 0 Å². The van der Waals surface area contributed by atoms with E-state index in [9.17, 15) is 9.59 Å². The number of carbonyl (C=O) groups is 1. The first kappa shape index (κ1) is 9.59. The number of aromatic nitrogens is 3. The van der Waals surface area contributed by atoms with E-state index in [0.717, 1.165) is 0 Å². The number of hydrogen-bond donors (Lipinski definition) is 2. The first-order valence-electron chi connectivity index (χ1n) is 4.90. The number of fused-ring (bicyclic) bond motifs is 2. The summed E-state index contributed by atoms with van der Waals surface area (Å²) in [7, 11) is 0. The Morgan fingerprint density at radius 2 is 2.24 bits per heavy atom. The maximum atomic E-state index is 11.6. The second kappa shape index (κ2) is 3.18. The Morgan fingerprint density at radius 3 is 3.00 bits per heavy atom. The summed E-state index contributed by atoms with van der Waals surface area (Å²) in [5.41, 5.74) is 1.46. The molecule has 1 aliphatic carbocycles.